The molecule has 110 valence electrons. The third-order valence-corrected chi connectivity index (χ3v) is 3.61. The third-order valence-electron chi connectivity index (χ3n) is 3.61. The first-order valence-corrected chi connectivity index (χ1v) is 7.18. The van der Waals surface area contributed by atoms with Gasteiger partial charge in [-0.2, -0.15) is 5.10 Å². The number of hydrogen-bond donors (Lipinski definition) is 0. The van der Waals surface area contributed by atoms with Crippen molar-refractivity contribution >= 4 is 11.4 Å². The summed E-state index contributed by atoms with van der Waals surface area (Å²) in [7, 11) is 0. The molecule has 0 atom stereocenters. The maximum absolute atomic E-state index is 12.6. The Labute approximate surface area is 132 Å². The smallest absolute Gasteiger partial charge is 0.216 e. The first kappa shape index (κ1) is 13.3. The van der Waals surface area contributed by atoms with E-state index in [9.17, 15) is 4.79 Å². The Morgan fingerprint density at radius 3 is 2.48 bits per heavy atom. The molecule has 0 radical (unpaired) electrons. The van der Waals surface area contributed by atoms with Gasteiger partial charge in [0.1, 0.15) is 5.69 Å². The van der Waals surface area contributed by atoms with Crippen molar-refractivity contribution in [3.63, 3.8) is 0 Å². The van der Waals surface area contributed by atoms with Crippen LogP contribution in [0.25, 0.3) is 16.9 Å². The number of benzene rings is 1. The Morgan fingerprint density at radius 1 is 0.870 bits per heavy atom. The normalized spacial score (nSPS) is 10.8. The maximum Gasteiger partial charge on any atom is 0.216 e. The van der Waals surface area contributed by atoms with E-state index in [1.807, 2.05) is 36.4 Å². The zero-order valence-electron chi connectivity index (χ0n) is 12.1. The zero-order chi connectivity index (χ0) is 15.6. The van der Waals surface area contributed by atoms with Crippen molar-refractivity contribution < 1.29 is 4.79 Å². The molecule has 23 heavy (non-hydrogen) atoms. The lowest BCUT2D eigenvalue weighted by Crippen LogP contribution is -2.04. The Kier molecular flexibility index (Phi) is 3.16. The summed E-state index contributed by atoms with van der Waals surface area (Å²) in [5, 5.41) is 4.35. The van der Waals surface area contributed by atoms with Gasteiger partial charge in [-0.3, -0.25) is 9.78 Å². The van der Waals surface area contributed by atoms with Crippen molar-refractivity contribution in [1.29, 1.82) is 0 Å². The Hall–Kier alpha value is -3.34. The first-order chi connectivity index (χ1) is 11.3. The van der Waals surface area contributed by atoms with Crippen molar-refractivity contribution in [2.45, 2.75) is 0 Å². The van der Waals surface area contributed by atoms with Gasteiger partial charge >= 0.3 is 0 Å². The molecule has 0 amide bonds. The van der Waals surface area contributed by atoms with Crippen LogP contribution in [-0.2, 0) is 0 Å². The van der Waals surface area contributed by atoms with Gasteiger partial charge in [-0.15, -0.1) is 0 Å². The number of nitrogens with zero attached hydrogens (tertiary/aromatic N) is 4. The molecule has 0 bridgehead atoms. The minimum atomic E-state index is -0.182. The van der Waals surface area contributed by atoms with E-state index in [2.05, 4.69) is 15.1 Å². The Balaban J connectivity index is 1.87. The molecule has 0 spiro atoms. The quantitative estimate of drug-likeness (QED) is 0.546. The van der Waals surface area contributed by atoms with Gasteiger partial charge in [0.05, 0.1) is 17.5 Å². The molecule has 3 aromatic heterocycles. The van der Waals surface area contributed by atoms with Crippen LogP contribution < -0.4 is 0 Å². The molecule has 1 aromatic carbocycles. The summed E-state index contributed by atoms with van der Waals surface area (Å²) < 4.78 is 1.69. The number of fused-ring (bicyclic) bond motifs is 1. The molecule has 0 aliphatic rings. The average molecular weight is 300 g/mol. The SMILES string of the molecule is O=C(c1ccccn1)c1cnn2c(-c3ccccc3)ccnc12. The van der Waals surface area contributed by atoms with Crippen LogP contribution >= 0.6 is 0 Å². The summed E-state index contributed by atoms with van der Waals surface area (Å²) in [6.45, 7) is 0. The number of rotatable bonds is 3. The fourth-order valence-corrected chi connectivity index (χ4v) is 2.51. The van der Waals surface area contributed by atoms with E-state index < -0.39 is 0 Å². The standard InChI is InChI=1S/C18H12N4O/c23-17(15-8-4-5-10-19-15)14-12-21-22-16(9-11-20-18(14)22)13-6-2-1-3-7-13/h1-12H. The van der Waals surface area contributed by atoms with E-state index >= 15 is 0 Å². The van der Waals surface area contributed by atoms with Crippen molar-refractivity contribution in [1.82, 2.24) is 19.6 Å². The number of aromatic nitrogens is 4. The van der Waals surface area contributed by atoms with Gasteiger partial charge in [0, 0.05) is 18.0 Å². The van der Waals surface area contributed by atoms with Crippen LogP contribution in [0.3, 0.4) is 0 Å². The van der Waals surface area contributed by atoms with Crippen LogP contribution in [0, 0.1) is 0 Å². The molecule has 0 aliphatic carbocycles. The lowest BCUT2D eigenvalue weighted by Gasteiger charge is -2.04. The number of carbonyl (C=O) groups excluding carboxylic acids is 1. The summed E-state index contributed by atoms with van der Waals surface area (Å²) in [5.74, 6) is -0.182. The van der Waals surface area contributed by atoms with Crippen LogP contribution in [0.2, 0.25) is 0 Å². The van der Waals surface area contributed by atoms with E-state index in [0.717, 1.165) is 11.3 Å². The van der Waals surface area contributed by atoms with Crippen LogP contribution in [0.15, 0.2) is 73.2 Å². The predicted molar refractivity (Wildman–Crippen MR) is 86.1 cm³/mol. The van der Waals surface area contributed by atoms with E-state index in [-0.39, 0.29) is 5.78 Å². The minimum absolute atomic E-state index is 0.182. The molecule has 5 nitrogen and oxygen atoms in total. The van der Waals surface area contributed by atoms with Crippen molar-refractivity contribution in [3.8, 4) is 11.3 Å². The monoisotopic (exact) mass is 300 g/mol. The number of pyridine rings is 1. The molecule has 3 heterocycles. The molecule has 0 N–H and O–H groups in total. The predicted octanol–water partition coefficient (Wildman–Crippen LogP) is 3.02. The van der Waals surface area contributed by atoms with Crippen LogP contribution in [0.5, 0.6) is 0 Å². The second-order valence-corrected chi connectivity index (χ2v) is 5.03. The lowest BCUT2D eigenvalue weighted by molar-refractivity contribution is 0.103. The molecule has 4 aromatic rings. The minimum Gasteiger partial charge on any atom is -0.287 e. The van der Waals surface area contributed by atoms with E-state index in [4.69, 9.17) is 0 Å². The van der Waals surface area contributed by atoms with E-state index in [0.29, 0.717) is 16.9 Å². The first-order valence-electron chi connectivity index (χ1n) is 7.18. The van der Waals surface area contributed by atoms with Crippen molar-refractivity contribution in [2.75, 3.05) is 0 Å². The molecule has 0 fully saturated rings. The molecule has 4 rings (SSSR count). The fourth-order valence-electron chi connectivity index (χ4n) is 2.51. The largest absolute Gasteiger partial charge is 0.287 e. The van der Waals surface area contributed by atoms with E-state index in [1.54, 1.807) is 41.3 Å². The van der Waals surface area contributed by atoms with Gasteiger partial charge in [0.2, 0.25) is 5.78 Å². The van der Waals surface area contributed by atoms with Gasteiger partial charge in [-0.25, -0.2) is 9.50 Å². The molecule has 5 heteroatoms. The summed E-state index contributed by atoms with van der Waals surface area (Å²) in [4.78, 5) is 21.0. The van der Waals surface area contributed by atoms with Crippen molar-refractivity contribution in [2.24, 2.45) is 0 Å². The maximum atomic E-state index is 12.6. The topological polar surface area (TPSA) is 60.2 Å². The van der Waals surface area contributed by atoms with E-state index in [1.165, 1.54) is 0 Å². The zero-order valence-corrected chi connectivity index (χ0v) is 12.1. The summed E-state index contributed by atoms with van der Waals surface area (Å²) in [6, 6.07) is 17.0. The molecule has 0 unspecified atom stereocenters. The molecule has 0 saturated carbocycles. The number of ketones is 1. The highest BCUT2D eigenvalue weighted by molar-refractivity contribution is 6.11. The highest BCUT2D eigenvalue weighted by Gasteiger charge is 2.18. The highest BCUT2D eigenvalue weighted by Crippen LogP contribution is 2.21. The van der Waals surface area contributed by atoms with Crippen molar-refractivity contribution in [3.05, 3.63) is 84.4 Å². The van der Waals surface area contributed by atoms with Gasteiger partial charge in [0.25, 0.3) is 0 Å². The summed E-state index contributed by atoms with van der Waals surface area (Å²) >= 11 is 0. The Bertz CT molecular complexity index is 978. The van der Waals surface area contributed by atoms with Gasteiger partial charge < -0.3 is 0 Å². The Morgan fingerprint density at radius 2 is 1.70 bits per heavy atom. The highest BCUT2D eigenvalue weighted by atomic mass is 16.1. The van der Waals surface area contributed by atoms with Crippen LogP contribution in [0.4, 0.5) is 0 Å². The van der Waals surface area contributed by atoms with Crippen LogP contribution in [-0.4, -0.2) is 25.4 Å². The van der Waals surface area contributed by atoms with Gasteiger partial charge in [-0.1, -0.05) is 36.4 Å². The number of carbonyl (C=O) groups is 1. The molecule has 0 saturated heterocycles. The second kappa shape index (κ2) is 5.46. The summed E-state index contributed by atoms with van der Waals surface area (Å²) in [5.41, 5.74) is 3.26. The van der Waals surface area contributed by atoms with Gasteiger partial charge in [-0.05, 0) is 18.2 Å². The summed E-state index contributed by atoms with van der Waals surface area (Å²) in [6.07, 6.45) is 4.84. The fraction of sp³-hybridized carbons (Fsp3) is 0. The molecule has 0 aliphatic heterocycles. The van der Waals surface area contributed by atoms with Gasteiger partial charge in [0.15, 0.2) is 5.65 Å². The average Bonchev–Trinajstić information content (AvgIpc) is 3.06. The number of hydrogen-bond acceptors (Lipinski definition) is 4. The third kappa shape index (κ3) is 2.28. The molecular formula is C18H12N4O. The lowest BCUT2D eigenvalue weighted by atomic mass is 10.1. The second-order valence-electron chi connectivity index (χ2n) is 5.03. The molecular weight excluding hydrogens is 288 g/mol. The van der Waals surface area contributed by atoms with Crippen LogP contribution in [0.1, 0.15) is 16.1 Å².